The number of hydrogen-bond acceptors (Lipinski definition) is 6. The van der Waals surface area contributed by atoms with E-state index in [9.17, 15) is 4.79 Å². The fourth-order valence-corrected chi connectivity index (χ4v) is 4.50. The Labute approximate surface area is 191 Å². The van der Waals surface area contributed by atoms with Crippen molar-refractivity contribution in [3.8, 4) is 11.3 Å². The van der Waals surface area contributed by atoms with Gasteiger partial charge < -0.3 is 14.4 Å². The summed E-state index contributed by atoms with van der Waals surface area (Å²) in [6, 6.07) is 17.5. The van der Waals surface area contributed by atoms with Crippen molar-refractivity contribution in [1.29, 1.82) is 0 Å². The lowest BCUT2D eigenvalue weighted by Crippen LogP contribution is -2.29. The zero-order valence-electron chi connectivity index (χ0n) is 18.5. The van der Waals surface area contributed by atoms with Gasteiger partial charge in [0.05, 0.1) is 6.04 Å². The average Bonchev–Trinajstić information content (AvgIpc) is 3.36. The van der Waals surface area contributed by atoms with E-state index in [1.807, 2.05) is 61.0 Å². The molecule has 0 spiro atoms. The highest BCUT2D eigenvalue weighted by Gasteiger charge is 2.25. The van der Waals surface area contributed by atoms with Crippen LogP contribution in [0.15, 0.2) is 64.3 Å². The van der Waals surface area contributed by atoms with Crippen LogP contribution in [0.2, 0.25) is 0 Å². The van der Waals surface area contributed by atoms with Gasteiger partial charge in [0, 0.05) is 18.4 Å². The summed E-state index contributed by atoms with van der Waals surface area (Å²) in [4.78, 5) is 13.1. The Morgan fingerprint density at radius 1 is 1.09 bits per heavy atom. The fraction of sp³-hybridized carbons (Fsp3) is 0.250. The third-order valence-electron chi connectivity index (χ3n) is 5.36. The summed E-state index contributed by atoms with van der Waals surface area (Å²) in [6.07, 6.45) is 0. The van der Waals surface area contributed by atoms with Crippen molar-refractivity contribution in [2.45, 2.75) is 37.7 Å². The first-order valence-electron chi connectivity index (χ1n) is 10.3. The zero-order chi connectivity index (χ0) is 22.7. The molecule has 0 radical (unpaired) electrons. The molecule has 0 saturated heterocycles. The van der Waals surface area contributed by atoms with Gasteiger partial charge in [-0.25, -0.2) is 0 Å². The first-order valence-corrected chi connectivity index (χ1v) is 11.3. The van der Waals surface area contributed by atoms with E-state index in [2.05, 4.69) is 39.7 Å². The summed E-state index contributed by atoms with van der Waals surface area (Å²) in [5, 5.41) is 16.6. The lowest BCUT2D eigenvalue weighted by molar-refractivity contribution is 0.0936. The topological polar surface area (TPSA) is 85.8 Å². The van der Waals surface area contributed by atoms with E-state index in [1.54, 1.807) is 18.7 Å². The van der Waals surface area contributed by atoms with Crippen LogP contribution >= 0.6 is 11.8 Å². The van der Waals surface area contributed by atoms with Crippen molar-refractivity contribution in [2.24, 2.45) is 7.05 Å². The summed E-state index contributed by atoms with van der Waals surface area (Å²) in [6.45, 7) is 5.73. The molecule has 0 aliphatic heterocycles. The van der Waals surface area contributed by atoms with Crippen molar-refractivity contribution < 1.29 is 9.32 Å². The highest BCUT2D eigenvalue weighted by Crippen LogP contribution is 2.27. The van der Waals surface area contributed by atoms with Crippen LogP contribution in [-0.2, 0) is 12.8 Å². The smallest absolute Gasteiger partial charge is 0.257 e. The van der Waals surface area contributed by atoms with E-state index in [-0.39, 0.29) is 11.9 Å². The molecule has 1 atom stereocenters. The van der Waals surface area contributed by atoms with Gasteiger partial charge in [-0.3, -0.25) is 4.79 Å². The minimum Gasteiger partial charge on any atom is -0.360 e. The third-order valence-corrected chi connectivity index (χ3v) is 6.43. The molecule has 2 aromatic heterocycles. The molecule has 1 amide bonds. The molecule has 0 bridgehead atoms. The van der Waals surface area contributed by atoms with Gasteiger partial charge in [0.1, 0.15) is 17.0 Å². The molecule has 32 heavy (non-hydrogen) atoms. The molecule has 4 aromatic rings. The monoisotopic (exact) mass is 447 g/mol. The normalized spacial score (nSPS) is 12.0. The Morgan fingerprint density at radius 3 is 2.56 bits per heavy atom. The Kier molecular flexibility index (Phi) is 6.41. The maximum absolute atomic E-state index is 13.1. The lowest BCUT2D eigenvalue weighted by Gasteiger charge is -2.14. The number of carbonyl (C=O) groups is 1. The molecule has 0 aliphatic carbocycles. The second-order valence-electron chi connectivity index (χ2n) is 7.64. The predicted octanol–water partition coefficient (Wildman–Crippen LogP) is 4.87. The van der Waals surface area contributed by atoms with Gasteiger partial charge in [-0.1, -0.05) is 71.5 Å². The van der Waals surface area contributed by atoms with Crippen molar-refractivity contribution in [1.82, 2.24) is 25.2 Å². The van der Waals surface area contributed by atoms with E-state index >= 15 is 0 Å². The molecule has 0 saturated carbocycles. The highest BCUT2D eigenvalue weighted by molar-refractivity contribution is 7.98. The van der Waals surface area contributed by atoms with E-state index < -0.39 is 0 Å². The van der Waals surface area contributed by atoms with Crippen LogP contribution < -0.4 is 5.32 Å². The van der Waals surface area contributed by atoms with Gasteiger partial charge in [0.15, 0.2) is 11.0 Å². The van der Waals surface area contributed by atoms with Gasteiger partial charge >= 0.3 is 0 Å². The Morgan fingerprint density at radius 2 is 1.81 bits per heavy atom. The van der Waals surface area contributed by atoms with Gasteiger partial charge in [0.25, 0.3) is 5.91 Å². The van der Waals surface area contributed by atoms with Crippen LogP contribution in [0.25, 0.3) is 11.3 Å². The summed E-state index contributed by atoms with van der Waals surface area (Å²) < 4.78 is 7.25. The first-order chi connectivity index (χ1) is 15.5. The zero-order valence-corrected chi connectivity index (χ0v) is 19.3. The Balaban J connectivity index is 1.48. The number of aryl methyl sites for hydroxylation is 2. The Hall–Kier alpha value is -3.39. The van der Waals surface area contributed by atoms with E-state index in [0.29, 0.717) is 22.8 Å². The van der Waals surface area contributed by atoms with E-state index in [1.165, 1.54) is 11.1 Å². The largest absolute Gasteiger partial charge is 0.360 e. The molecular weight excluding hydrogens is 422 g/mol. The van der Waals surface area contributed by atoms with Gasteiger partial charge in [0.2, 0.25) is 0 Å². The molecule has 2 aromatic carbocycles. The van der Waals surface area contributed by atoms with Crippen LogP contribution in [0.5, 0.6) is 0 Å². The number of hydrogen-bond donors (Lipinski definition) is 1. The average molecular weight is 448 g/mol. The van der Waals surface area contributed by atoms with Crippen molar-refractivity contribution in [2.75, 3.05) is 0 Å². The minimum absolute atomic E-state index is 0.257. The van der Waals surface area contributed by atoms with Crippen LogP contribution in [0.1, 0.15) is 46.0 Å². The maximum Gasteiger partial charge on any atom is 0.257 e. The number of carbonyl (C=O) groups excluding carboxylic acids is 1. The second-order valence-corrected chi connectivity index (χ2v) is 8.58. The molecule has 164 valence electrons. The van der Waals surface area contributed by atoms with Crippen molar-refractivity contribution in [3.63, 3.8) is 0 Å². The number of nitrogens with zero attached hydrogens (tertiary/aromatic N) is 4. The molecular formula is C24H25N5O2S. The standard InChI is InChI=1S/C24H25N5O2S/c1-15-10-8-9-13-19(15)14-32-24-27-26-22(29(24)4)16(2)25-23(30)20-17(3)31-28-21(20)18-11-6-5-7-12-18/h5-13,16H,14H2,1-4H3,(H,25,30)/t16-/m1/s1. The summed E-state index contributed by atoms with van der Waals surface area (Å²) >= 11 is 1.62. The van der Waals surface area contributed by atoms with Gasteiger partial charge in [-0.05, 0) is 31.9 Å². The maximum atomic E-state index is 13.1. The van der Waals surface area contributed by atoms with E-state index in [0.717, 1.165) is 16.5 Å². The number of nitrogens with one attached hydrogen (secondary N) is 1. The van der Waals surface area contributed by atoms with Gasteiger partial charge in [-0.2, -0.15) is 0 Å². The molecule has 7 nitrogen and oxygen atoms in total. The molecule has 0 aliphatic rings. The number of amides is 1. The van der Waals surface area contributed by atoms with Crippen molar-refractivity contribution >= 4 is 17.7 Å². The number of benzene rings is 2. The second kappa shape index (κ2) is 9.40. The quantitative estimate of drug-likeness (QED) is 0.407. The molecule has 4 rings (SSSR count). The molecule has 8 heteroatoms. The van der Waals surface area contributed by atoms with Crippen molar-refractivity contribution in [3.05, 3.63) is 82.9 Å². The minimum atomic E-state index is -0.342. The van der Waals surface area contributed by atoms with Gasteiger partial charge in [-0.15, -0.1) is 10.2 Å². The molecule has 0 fully saturated rings. The first kappa shape index (κ1) is 21.8. The number of aromatic nitrogens is 4. The highest BCUT2D eigenvalue weighted by atomic mass is 32.2. The van der Waals surface area contributed by atoms with Crippen LogP contribution in [-0.4, -0.2) is 25.8 Å². The summed E-state index contributed by atoms with van der Waals surface area (Å²) in [5.41, 5.74) is 4.30. The number of rotatable bonds is 7. The van der Waals surface area contributed by atoms with Crippen LogP contribution in [0.3, 0.4) is 0 Å². The van der Waals surface area contributed by atoms with Crippen LogP contribution in [0.4, 0.5) is 0 Å². The fourth-order valence-electron chi connectivity index (χ4n) is 3.51. The lowest BCUT2D eigenvalue weighted by atomic mass is 10.1. The molecule has 2 heterocycles. The van der Waals surface area contributed by atoms with E-state index in [4.69, 9.17) is 4.52 Å². The summed E-state index contributed by atoms with van der Waals surface area (Å²) in [7, 11) is 1.91. The third kappa shape index (κ3) is 4.45. The SMILES string of the molecule is Cc1ccccc1CSc1nnc([C@@H](C)NC(=O)c2c(-c3ccccc3)noc2C)n1C. The predicted molar refractivity (Wildman–Crippen MR) is 124 cm³/mol. The van der Waals surface area contributed by atoms with Crippen LogP contribution in [0, 0.1) is 13.8 Å². The molecule has 0 unspecified atom stereocenters. The Bertz CT molecular complexity index is 1230. The summed E-state index contributed by atoms with van der Waals surface area (Å²) in [5.74, 6) is 1.70. The molecule has 1 N–H and O–H groups in total. The number of thioether (sulfide) groups is 1.